The van der Waals surface area contributed by atoms with Gasteiger partial charge in [0, 0.05) is 0 Å². The van der Waals surface area contributed by atoms with E-state index in [1.165, 1.54) is 19.2 Å². The molecule has 2 nitrogen and oxygen atoms in total. The van der Waals surface area contributed by atoms with Crippen LogP contribution in [0.25, 0.3) is 0 Å². The number of halogens is 3. The summed E-state index contributed by atoms with van der Waals surface area (Å²) in [6.07, 6.45) is -4.41. The Morgan fingerprint density at radius 2 is 2.06 bits per heavy atom. The maximum absolute atomic E-state index is 12.8. The van der Waals surface area contributed by atoms with Crippen LogP contribution in [-0.2, 0) is 16.9 Å². The minimum absolute atomic E-state index is 0.0391. The number of hydrogen-bond donors (Lipinski definition) is 0. The van der Waals surface area contributed by atoms with Gasteiger partial charge in [0.05, 0.1) is 13.7 Å². The summed E-state index contributed by atoms with van der Waals surface area (Å²) in [7, 11) is 1.47. The minimum atomic E-state index is -4.41. The highest BCUT2D eigenvalue weighted by Gasteiger charge is 2.57. The number of alkyl halides is 3. The van der Waals surface area contributed by atoms with Crippen LogP contribution in [0.15, 0.2) is 18.2 Å². The fraction of sp³-hybridized carbons (Fsp3) is 0.455. The SMILES string of the molecule is COc1ccc2c(c1)CO[C@]2(C)C(F)(F)F. The van der Waals surface area contributed by atoms with Crippen molar-refractivity contribution < 1.29 is 22.6 Å². The highest BCUT2D eigenvalue weighted by atomic mass is 19.4. The van der Waals surface area contributed by atoms with Gasteiger partial charge in [-0.05, 0) is 30.2 Å². The van der Waals surface area contributed by atoms with E-state index >= 15 is 0 Å². The Morgan fingerprint density at radius 3 is 2.62 bits per heavy atom. The molecule has 0 saturated heterocycles. The zero-order valence-electron chi connectivity index (χ0n) is 8.89. The first kappa shape index (κ1) is 11.3. The quantitative estimate of drug-likeness (QED) is 0.741. The second-order valence-electron chi connectivity index (χ2n) is 3.84. The molecule has 2 rings (SSSR count). The molecule has 88 valence electrons. The zero-order chi connectivity index (χ0) is 12.0. The first-order valence-electron chi connectivity index (χ1n) is 4.76. The molecule has 5 heteroatoms. The van der Waals surface area contributed by atoms with E-state index in [2.05, 4.69) is 0 Å². The maximum atomic E-state index is 12.8. The molecule has 1 aromatic rings. The number of fused-ring (bicyclic) bond motifs is 1. The van der Waals surface area contributed by atoms with Crippen molar-refractivity contribution >= 4 is 0 Å². The third-order valence-corrected chi connectivity index (χ3v) is 2.88. The largest absolute Gasteiger partial charge is 0.497 e. The third-order valence-electron chi connectivity index (χ3n) is 2.88. The van der Waals surface area contributed by atoms with E-state index in [0.29, 0.717) is 11.3 Å². The molecule has 1 aliphatic rings. The zero-order valence-corrected chi connectivity index (χ0v) is 8.89. The van der Waals surface area contributed by atoms with E-state index in [1.807, 2.05) is 0 Å². The third kappa shape index (κ3) is 1.46. The van der Waals surface area contributed by atoms with Gasteiger partial charge in [0.2, 0.25) is 0 Å². The molecular formula is C11H11F3O2. The monoisotopic (exact) mass is 232 g/mol. The van der Waals surface area contributed by atoms with Crippen molar-refractivity contribution in [3.8, 4) is 5.75 Å². The summed E-state index contributed by atoms with van der Waals surface area (Å²) in [5.74, 6) is 0.536. The summed E-state index contributed by atoms with van der Waals surface area (Å²) in [4.78, 5) is 0. The smallest absolute Gasteiger partial charge is 0.421 e. The Bertz CT molecular complexity index is 414. The molecule has 0 aliphatic carbocycles. The van der Waals surface area contributed by atoms with Gasteiger partial charge in [-0.2, -0.15) is 13.2 Å². The maximum Gasteiger partial charge on any atom is 0.421 e. The van der Waals surface area contributed by atoms with Crippen LogP contribution < -0.4 is 4.74 Å². The van der Waals surface area contributed by atoms with Crippen molar-refractivity contribution in [3.05, 3.63) is 29.3 Å². The summed E-state index contributed by atoms with van der Waals surface area (Å²) in [6, 6.07) is 4.50. The van der Waals surface area contributed by atoms with Crippen molar-refractivity contribution in [3.63, 3.8) is 0 Å². The molecule has 0 aromatic heterocycles. The molecule has 1 heterocycles. The Balaban J connectivity index is 2.48. The van der Waals surface area contributed by atoms with Crippen LogP contribution in [0.4, 0.5) is 13.2 Å². The number of ether oxygens (including phenoxy) is 2. The average molecular weight is 232 g/mol. The lowest BCUT2D eigenvalue weighted by molar-refractivity contribution is -0.272. The predicted molar refractivity (Wildman–Crippen MR) is 51.2 cm³/mol. The lowest BCUT2D eigenvalue weighted by Gasteiger charge is -2.27. The lowest BCUT2D eigenvalue weighted by atomic mass is 9.93. The Kier molecular flexibility index (Phi) is 2.38. The molecule has 0 bridgehead atoms. The van der Waals surface area contributed by atoms with Crippen molar-refractivity contribution in [1.29, 1.82) is 0 Å². The molecule has 1 aromatic carbocycles. The van der Waals surface area contributed by atoms with Crippen LogP contribution in [0.1, 0.15) is 18.1 Å². The van der Waals surface area contributed by atoms with Crippen LogP contribution in [-0.4, -0.2) is 13.3 Å². The Hall–Kier alpha value is -1.23. The number of methoxy groups -OCH3 is 1. The molecule has 1 aliphatic heterocycles. The highest BCUT2D eigenvalue weighted by Crippen LogP contribution is 2.48. The predicted octanol–water partition coefficient (Wildman–Crippen LogP) is 3.00. The summed E-state index contributed by atoms with van der Waals surface area (Å²) in [5, 5.41) is 0. The van der Waals surface area contributed by atoms with Crippen LogP contribution >= 0.6 is 0 Å². The van der Waals surface area contributed by atoms with Gasteiger partial charge >= 0.3 is 6.18 Å². The molecule has 0 unspecified atom stereocenters. The van der Waals surface area contributed by atoms with Gasteiger partial charge < -0.3 is 9.47 Å². The van der Waals surface area contributed by atoms with Crippen LogP contribution in [0.5, 0.6) is 5.75 Å². The van der Waals surface area contributed by atoms with Crippen molar-refractivity contribution in [2.75, 3.05) is 7.11 Å². The summed E-state index contributed by atoms with van der Waals surface area (Å²) >= 11 is 0. The number of benzene rings is 1. The van der Waals surface area contributed by atoms with Crippen molar-refractivity contribution in [2.24, 2.45) is 0 Å². The van der Waals surface area contributed by atoms with Gasteiger partial charge in [-0.25, -0.2) is 0 Å². The van der Waals surface area contributed by atoms with E-state index < -0.39 is 11.8 Å². The minimum Gasteiger partial charge on any atom is -0.497 e. The van der Waals surface area contributed by atoms with Gasteiger partial charge in [-0.3, -0.25) is 0 Å². The molecule has 0 saturated carbocycles. The highest BCUT2D eigenvalue weighted by molar-refractivity contribution is 5.41. The van der Waals surface area contributed by atoms with Gasteiger partial charge in [0.1, 0.15) is 5.75 Å². The van der Waals surface area contributed by atoms with Gasteiger partial charge in [-0.1, -0.05) is 6.07 Å². The second kappa shape index (κ2) is 3.38. The number of hydrogen-bond acceptors (Lipinski definition) is 2. The number of rotatable bonds is 1. The van der Waals surface area contributed by atoms with Crippen LogP contribution in [0, 0.1) is 0 Å². The van der Waals surface area contributed by atoms with E-state index in [0.717, 1.165) is 6.92 Å². The fourth-order valence-electron chi connectivity index (χ4n) is 1.82. The summed E-state index contributed by atoms with van der Waals surface area (Å²) in [6.45, 7) is 1.01. The molecule has 0 amide bonds. The lowest BCUT2D eigenvalue weighted by Crippen LogP contribution is -2.38. The van der Waals surface area contributed by atoms with E-state index in [1.54, 1.807) is 6.07 Å². The van der Waals surface area contributed by atoms with Crippen molar-refractivity contribution in [2.45, 2.75) is 25.3 Å². The van der Waals surface area contributed by atoms with Gasteiger partial charge in [0.25, 0.3) is 0 Å². The Labute approximate surface area is 91.0 Å². The topological polar surface area (TPSA) is 18.5 Å². The van der Waals surface area contributed by atoms with Gasteiger partial charge in [0.15, 0.2) is 5.60 Å². The first-order valence-corrected chi connectivity index (χ1v) is 4.76. The molecule has 0 N–H and O–H groups in total. The standard InChI is InChI=1S/C11H11F3O2/c1-10(11(12,13)14)9-4-3-8(15-2)5-7(9)6-16-10/h3-5H,6H2,1-2H3/t10-/m0/s1. The summed E-state index contributed by atoms with van der Waals surface area (Å²) in [5.41, 5.74) is -1.51. The van der Waals surface area contributed by atoms with Gasteiger partial charge in [-0.15, -0.1) is 0 Å². The van der Waals surface area contributed by atoms with Crippen LogP contribution in [0.2, 0.25) is 0 Å². The van der Waals surface area contributed by atoms with E-state index in [-0.39, 0.29) is 12.2 Å². The molecule has 0 fully saturated rings. The first-order chi connectivity index (χ1) is 7.38. The summed E-state index contributed by atoms with van der Waals surface area (Å²) < 4.78 is 48.4. The van der Waals surface area contributed by atoms with Crippen molar-refractivity contribution in [1.82, 2.24) is 0 Å². The molecule has 16 heavy (non-hydrogen) atoms. The second-order valence-corrected chi connectivity index (χ2v) is 3.84. The molecular weight excluding hydrogens is 221 g/mol. The molecule has 1 atom stereocenters. The Morgan fingerprint density at radius 1 is 1.38 bits per heavy atom. The molecule has 0 spiro atoms. The molecule has 0 radical (unpaired) electrons. The van der Waals surface area contributed by atoms with E-state index in [9.17, 15) is 13.2 Å². The van der Waals surface area contributed by atoms with Crippen LogP contribution in [0.3, 0.4) is 0 Å². The normalized spacial score (nSPS) is 24.3. The fourth-order valence-corrected chi connectivity index (χ4v) is 1.82. The van der Waals surface area contributed by atoms with E-state index in [4.69, 9.17) is 9.47 Å². The average Bonchev–Trinajstić information content (AvgIpc) is 2.56.